The molecule has 0 radical (unpaired) electrons. The van der Waals surface area contributed by atoms with E-state index < -0.39 is 29.2 Å². The second-order valence-corrected chi connectivity index (χ2v) is 9.89. The smallest absolute Gasteiger partial charge is 0.350 e. The number of carbonyl (C=O) groups excluding carboxylic acids is 2. The first kappa shape index (κ1) is 23.7. The van der Waals surface area contributed by atoms with Crippen molar-refractivity contribution in [3.8, 4) is 0 Å². The van der Waals surface area contributed by atoms with Gasteiger partial charge >= 0.3 is 11.9 Å². The molecule has 38 heavy (non-hydrogen) atoms. The minimum Gasteiger partial charge on any atom is -0.464 e. The molecule has 0 saturated carbocycles. The van der Waals surface area contributed by atoms with Crippen LogP contribution < -0.4 is 10.4 Å². The lowest BCUT2D eigenvalue weighted by Gasteiger charge is -2.44. The Morgan fingerprint density at radius 1 is 0.816 bits per heavy atom. The topological polar surface area (TPSA) is 98.4 Å². The molecule has 1 atom stereocenters. The summed E-state index contributed by atoms with van der Waals surface area (Å²) in [6.45, 7) is 4.92. The molecule has 1 fully saturated rings. The highest BCUT2D eigenvalue weighted by molar-refractivity contribution is 6.22. The molecule has 8 nitrogen and oxygen atoms in total. The number of ether oxygens (including phenoxy) is 2. The Bertz CT molecular complexity index is 1650. The Labute approximate surface area is 218 Å². The first-order chi connectivity index (χ1) is 18.2. The maximum Gasteiger partial charge on any atom is 0.350 e. The molecule has 6 rings (SSSR count). The quantitative estimate of drug-likeness (QED) is 0.293. The van der Waals surface area contributed by atoms with E-state index in [1.54, 1.807) is 48.5 Å². The largest absolute Gasteiger partial charge is 0.464 e. The van der Waals surface area contributed by atoms with Crippen LogP contribution in [0.25, 0.3) is 11.0 Å². The van der Waals surface area contributed by atoms with Gasteiger partial charge in [0.25, 0.3) is 11.3 Å². The normalized spacial score (nSPS) is 19.8. The molecule has 1 unspecified atom stereocenters. The van der Waals surface area contributed by atoms with Crippen LogP contribution in [-0.2, 0) is 19.1 Å². The number of anilines is 1. The summed E-state index contributed by atoms with van der Waals surface area (Å²) in [7, 11) is 0. The molecule has 0 bridgehead atoms. The molecule has 0 amide bonds. The predicted molar refractivity (Wildman–Crippen MR) is 141 cm³/mol. The van der Waals surface area contributed by atoms with E-state index >= 15 is 0 Å². The van der Waals surface area contributed by atoms with Crippen molar-refractivity contribution in [2.24, 2.45) is 5.10 Å². The van der Waals surface area contributed by atoms with Crippen molar-refractivity contribution in [2.75, 3.05) is 5.01 Å². The summed E-state index contributed by atoms with van der Waals surface area (Å²) in [4.78, 5) is 42.0. The van der Waals surface area contributed by atoms with Crippen molar-refractivity contribution >= 4 is 34.3 Å². The van der Waals surface area contributed by atoms with Gasteiger partial charge in [-0.2, -0.15) is 5.10 Å². The van der Waals surface area contributed by atoms with Crippen LogP contribution in [0.3, 0.4) is 0 Å². The standard InChI is InChI=1S/C30H24N2O6/c1-18-13-15-19(16-14-18)25-24(22-17-36-23-12-8-7-11-21(23)26(22)33)30(27(34)37-29(2,3)38-28(30)35)32(31-25)20-9-5-4-6-10-20/h4-17,24H,1-3H3. The molecule has 1 spiro atoms. The number of hydrazone groups is 1. The molecule has 8 heteroatoms. The lowest BCUT2D eigenvalue weighted by molar-refractivity contribution is -0.242. The van der Waals surface area contributed by atoms with E-state index in [0.29, 0.717) is 27.9 Å². The third-order valence-corrected chi connectivity index (χ3v) is 6.90. The minimum atomic E-state index is -2.14. The van der Waals surface area contributed by atoms with E-state index in [2.05, 4.69) is 0 Å². The Kier molecular flexibility index (Phi) is 5.24. The van der Waals surface area contributed by atoms with E-state index in [1.807, 2.05) is 37.3 Å². The Morgan fingerprint density at radius 3 is 2.13 bits per heavy atom. The summed E-state index contributed by atoms with van der Waals surface area (Å²) in [5.74, 6) is -4.42. The Hall–Kier alpha value is -4.72. The lowest BCUT2D eigenvalue weighted by atomic mass is 9.74. The molecule has 1 aromatic heterocycles. The van der Waals surface area contributed by atoms with Crippen molar-refractivity contribution in [3.63, 3.8) is 0 Å². The van der Waals surface area contributed by atoms with Crippen LogP contribution in [0.1, 0.15) is 36.5 Å². The van der Waals surface area contributed by atoms with Crippen molar-refractivity contribution < 1.29 is 23.5 Å². The predicted octanol–water partition coefficient (Wildman–Crippen LogP) is 4.68. The maximum absolute atomic E-state index is 14.0. The number of rotatable bonds is 3. The first-order valence-corrected chi connectivity index (χ1v) is 12.2. The second-order valence-electron chi connectivity index (χ2n) is 9.89. The molecule has 4 aromatic rings. The number of hydrogen-bond acceptors (Lipinski definition) is 8. The van der Waals surface area contributed by atoms with Crippen LogP contribution in [0.4, 0.5) is 5.69 Å². The van der Waals surface area contributed by atoms with Gasteiger partial charge in [0, 0.05) is 19.4 Å². The minimum absolute atomic E-state index is 0.0927. The van der Waals surface area contributed by atoms with Crippen molar-refractivity contribution in [1.82, 2.24) is 0 Å². The van der Waals surface area contributed by atoms with Crippen LogP contribution in [0.15, 0.2) is 99.4 Å². The van der Waals surface area contributed by atoms with Gasteiger partial charge in [-0.15, -0.1) is 0 Å². The fourth-order valence-corrected chi connectivity index (χ4v) is 5.12. The molecule has 0 aliphatic carbocycles. The monoisotopic (exact) mass is 508 g/mol. The molecule has 0 N–H and O–H groups in total. The average Bonchev–Trinajstić information content (AvgIpc) is 3.25. The van der Waals surface area contributed by atoms with Crippen LogP contribution in [0.5, 0.6) is 0 Å². The third kappa shape index (κ3) is 3.44. The highest BCUT2D eigenvalue weighted by Gasteiger charge is 2.70. The van der Waals surface area contributed by atoms with Gasteiger partial charge < -0.3 is 13.9 Å². The second kappa shape index (κ2) is 8.41. The van der Waals surface area contributed by atoms with Gasteiger partial charge in [-0.05, 0) is 36.8 Å². The summed E-state index contributed by atoms with van der Waals surface area (Å²) in [6, 6.07) is 23.1. The zero-order valence-corrected chi connectivity index (χ0v) is 21.0. The van der Waals surface area contributed by atoms with Crippen LogP contribution >= 0.6 is 0 Å². The van der Waals surface area contributed by atoms with E-state index in [4.69, 9.17) is 19.0 Å². The highest BCUT2D eigenvalue weighted by Crippen LogP contribution is 2.48. The van der Waals surface area contributed by atoms with Crippen LogP contribution in [0, 0.1) is 6.92 Å². The number of hydrogen-bond donors (Lipinski definition) is 0. The average molecular weight is 509 g/mol. The molecule has 3 heterocycles. The van der Waals surface area contributed by atoms with Gasteiger partial charge in [0.1, 0.15) is 5.58 Å². The van der Waals surface area contributed by atoms with Crippen molar-refractivity contribution in [2.45, 2.75) is 38.0 Å². The van der Waals surface area contributed by atoms with Gasteiger partial charge in [0.15, 0.2) is 5.43 Å². The third-order valence-electron chi connectivity index (χ3n) is 6.90. The molecular weight excluding hydrogens is 484 g/mol. The highest BCUT2D eigenvalue weighted by atomic mass is 16.7. The molecule has 3 aromatic carbocycles. The summed E-state index contributed by atoms with van der Waals surface area (Å²) >= 11 is 0. The van der Waals surface area contributed by atoms with Crippen LogP contribution in [-0.4, -0.2) is 29.0 Å². The van der Waals surface area contributed by atoms with E-state index in [1.165, 1.54) is 25.1 Å². The number of fused-ring (bicyclic) bond motifs is 1. The van der Waals surface area contributed by atoms with Gasteiger partial charge in [0.2, 0.25) is 0 Å². The SMILES string of the molecule is Cc1ccc(C2=NN(c3ccccc3)C3(C(=O)OC(C)(C)OC3=O)C2c2coc3ccccc3c2=O)cc1. The zero-order chi connectivity index (χ0) is 26.7. The molecule has 1 saturated heterocycles. The maximum atomic E-state index is 14.0. The van der Waals surface area contributed by atoms with Gasteiger partial charge in [-0.25, -0.2) is 14.6 Å². The Morgan fingerprint density at radius 2 is 1.45 bits per heavy atom. The first-order valence-electron chi connectivity index (χ1n) is 12.2. The van der Waals surface area contributed by atoms with Gasteiger partial charge in [-0.3, -0.25) is 4.79 Å². The molecular formula is C30H24N2O6. The fourth-order valence-electron chi connectivity index (χ4n) is 5.12. The number of carbonyl (C=O) groups is 2. The number of esters is 2. The lowest BCUT2D eigenvalue weighted by Crippen LogP contribution is -2.67. The number of benzene rings is 3. The summed E-state index contributed by atoms with van der Waals surface area (Å²) in [6.07, 6.45) is 1.30. The molecule has 2 aliphatic rings. The summed E-state index contributed by atoms with van der Waals surface area (Å²) < 4.78 is 17.2. The van der Waals surface area contributed by atoms with E-state index in [-0.39, 0.29) is 11.0 Å². The number of cyclic esters (lactones) is 2. The fraction of sp³-hybridized carbons (Fsp3) is 0.200. The molecule has 2 aliphatic heterocycles. The Balaban J connectivity index is 1.69. The van der Waals surface area contributed by atoms with Gasteiger partial charge in [0.05, 0.1) is 29.0 Å². The van der Waals surface area contributed by atoms with E-state index in [9.17, 15) is 14.4 Å². The summed E-state index contributed by atoms with van der Waals surface area (Å²) in [5.41, 5.74) is 0.402. The van der Waals surface area contributed by atoms with Crippen molar-refractivity contribution in [3.05, 3.63) is 112 Å². The van der Waals surface area contributed by atoms with Crippen LogP contribution in [0.2, 0.25) is 0 Å². The number of aryl methyl sites for hydroxylation is 1. The van der Waals surface area contributed by atoms with Gasteiger partial charge in [-0.1, -0.05) is 60.2 Å². The van der Waals surface area contributed by atoms with E-state index in [0.717, 1.165) is 5.56 Å². The summed E-state index contributed by atoms with van der Waals surface area (Å²) in [5, 5.41) is 6.47. The van der Waals surface area contributed by atoms with Crippen molar-refractivity contribution in [1.29, 1.82) is 0 Å². The number of nitrogens with zero attached hydrogens (tertiary/aromatic N) is 2. The number of para-hydroxylation sites is 2. The molecule has 190 valence electrons. The zero-order valence-electron chi connectivity index (χ0n) is 21.0.